The van der Waals surface area contributed by atoms with E-state index in [9.17, 15) is 0 Å². The molecule has 20 heavy (non-hydrogen) atoms. The van der Waals surface area contributed by atoms with Crippen molar-refractivity contribution in [3.8, 4) is 0 Å². The number of hydrogen-bond donors (Lipinski definition) is 1. The summed E-state index contributed by atoms with van der Waals surface area (Å²) in [4.78, 5) is 6.91. The summed E-state index contributed by atoms with van der Waals surface area (Å²) in [6.07, 6.45) is 9.01. The van der Waals surface area contributed by atoms with Crippen LogP contribution in [0.25, 0.3) is 5.65 Å². The van der Waals surface area contributed by atoms with Gasteiger partial charge in [-0.3, -0.25) is 4.40 Å². The molecular weight excluding hydrogens is 248 g/mol. The fraction of sp³-hybridized carbons (Fsp3) is 0.562. The molecular formula is C16H24N4. The molecule has 1 atom stereocenters. The molecule has 1 unspecified atom stereocenters. The first-order valence-corrected chi connectivity index (χ1v) is 7.79. The first kappa shape index (κ1) is 13.4. The molecule has 2 aromatic heterocycles. The molecule has 3 rings (SSSR count). The second-order valence-electron chi connectivity index (χ2n) is 5.63. The van der Waals surface area contributed by atoms with Crippen LogP contribution in [-0.4, -0.2) is 35.1 Å². The summed E-state index contributed by atoms with van der Waals surface area (Å²) < 4.78 is 2.20. The van der Waals surface area contributed by atoms with Crippen LogP contribution >= 0.6 is 0 Å². The molecule has 0 bridgehead atoms. The van der Waals surface area contributed by atoms with Crippen molar-refractivity contribution in [2.75, 3.05) is 24.5 Å². The van der Waals surface area contributed by atoms with Crippen LogP contribution < -0.4 is 10.2 Å². The molecule has 1 N–H and O–H groups in total. The number of fused-ring (bicyclic) bond motifs is 1. The second-order valence-corrected chi connectivity index (χ2v) is 5.63. The fourth-order valence-electron chi connectivity index (χ4n) is 3.02. The third-order valence-corrected chi connectivity index (χ3v) is 4.12. The van der Waals surface area contributed by atoms with E-state index in [1.165, 1.54) is 38.0 Å². The molecule has 1 aliphatic heterocycles. The van der Waals surface area contributed by atoms with E-state index in [2.05, 4.69) is 50.9 Å². The van der Waals surface area contributed by atoms with Crippen molar-refractivity contribution in [3.63, 3.8) is 0 Å². The minimum atomic E-state index is 0.630. The van der Waals surface area contributed by atoms with E-state index in [-0.39, 0.29) is 0 Å². The Labute approximate surface area is 120 Å². The van der Waals surface area contributed by atoms with Crippen LogP contribution in [0, 0.1) is 0 Å². The van der Waals surface area contributed by atoms with E-state index in [0.29, 0.717) is 6.04 Å². The lowest BCUT2D eigenvalue weighted by Gasteiger charge is -2.28. The van der Waals surface area contributed by atoms with Gasteiger partial charge in [-0.2, -0.15) is 0 Å². The molecule has 1 aliphatic rings. The number of pyridine rings is 1. The molecule has 0 aromatic carbocycles. The molecule has 3 heterocycles. The van der Waals surface area contributed by atoms with Crippen molar-refractivity contribution >= 4 is 11.5 Å². The Hall–Kier alpha value is -1.55. The van der Waals surface area contributed by atoms with Crippen molar-refractivity contribution in [3.05, 3.63) is 30.6 Å². The summed E-state index contributed by atoms with van der Waals surface area (Å²) in [6, 6.07) is 7.01. The highest BCUT2D eigenvalue weighted by Crippen LogP contribution is 2.19. The number of nitrogens with one attached hydrogen (secondary N) is 1. The highest BCUT2D eigenvalue weighted by Gasteiger charge is 2.19. The van der Waals surface area contributed by atoms with Gasteiger partial charge >= 0.3 is 0 Å². The third kappa shape index (κ3) is 2.80. The predicted molar refractivity (Wildman–Crippen MR) is 83.3 cm³/mol. The maximum absolute atomic E-state index is 4.39. The third-order valence-electron chi connectivity index (χ3n) is 4.12. The predicted octanol–water partition coefficient (Wildman–Crippen LogP) is 2.69. The number of unbranched alkanes of at least 4 members (excludes halogenated alkanes) is 1. The molecule has 0 amide bonds. The van der Waals surface area contributed by atoms with Crippen molar-refractivity contribution in [1.29, 1.82) is 0 Å². The molecule has 0 spiro atoms. The Bertz CT molecular complexity index is 542. The molecule has 1 fully saturated rings. The molecule has 0 radical (unpaired) electrons. The quantitative estimate of drug-likeness (QED) is 0.877. The van der Waals surface area contributed by atoms with Crippen LogP contribution in [0.4, 0.5) is 5.82 Å². The summed E-state index contributed by atoms with van der Waals surface area (Å²) in [5, 5.41) is 3.61. The average Bonchev–Trinajstić information content (AvgIpc) is 3.13. The number of aromatic nitrogens is 2. The smallest absolute Gasteiger partial charge is 0.138 e. The maximum atomic E-state index is 4.39. The first-order chi connectivity index (χ1) is 9.88. The van der Waals surface area contributed by atoms with Crippen molar-refractivity contribution in [2.24, 2.45) is 0 Å². The van der Waals surface area contributed by atoms with Crippen molar-refractivity contribution in [2.45, 2.75) is 38.6 Å². The van der Waals surface area contributed by atoms with Gasteiger partial charge in [0.15, 0.2) is 0 Å². The molecule has 1 saturated heterocycles. The summed E-state index contributed by atoms with van der Waals surface area (Å²) in [7, 11) is 0. The number of imidazole rings is 1. The Morgan fingerprint density at radius 3 is 3.20 bits per heavy atom. The van der Waals surface area contributed by atoms with Crippen molar-refractivity contribution < 1.29 is 0 Å². The average molecular weight is 272 g/mol. The standard InChI is InChI=1S/C16H24N4/c1-2-3-11-19(13-14-6-5-9-17-14)16-8-4-7-15-18-10-12-20(15)16/h4,7-8,10,12,14,17H,2-3,5-6,9,11,13H2,1H3. The summed E-state index contributed by atoms with van der Waals surface area (Å²) in [5.74, 6) is 1.27. The van der Waals surface area contributed by atoms with Crippen LogP contribution in [0.15, 0.2) is 30.6 Å². The van der Waals surface area contributed by atoms with Crippen LogP contribution in [-0.2, 0) is 0 Å². The number of nitrogens with zero attached hydrogens (tertiary/aromatic N) is 3. The Kier molecular flexibility index (Phi) is 4.21. The van der Waals surface area contributed by atoms with Crippen LogP contribution in [0.3, 0.4) is 0 Å². The van der Waals surface area contributed by atoms with E-state index < -0.39 is 0 Å². The molecule has 4 nitrogen and oxygen atoms in total. The summed E-state index contributed by atoms with van der Waals surface area (Å²) in [6.45, 7) is 5.63. The van der Waals surface area contributed by atoms with E-state index in [1.54, 1.807) is 0 Å². The van der Waals surface area contributed by atoms with Gasteiger partial charge in [0.2, 0.25) is 0 Å². The van der Waals surface area contributed by atoms with E-state index in [0.717, 1.165) is 18.7 Å². The zero-order valence-electron chi connectivity index (χ0n) is 12.3. The van der Waals surface area contributed by atoms with Gasteiger partial charge in [-0.25, -0.2) is 4.98 Å². The molecule has 108 valence electrons. The zero-order valence-corrected chi connectivity index (χ0v) is 12.3. The molecule has 2 aromatic rings. The maximum Gasteiger partial charge on any atom is 0.138 e. The van der Waals surface area contributed by atoms with E-state index in [4.69, 9.17) is 0 Å². The van der Waals surface area contributed by atoms with Gasteiger partial charge < -0.3 is 10.2 Å². The normalized spacial score (nSPS) is 18.8. The second kappa shape index (κ2) is 6.27. The van der Waals surface area contributed by atoms with Gasteiger partial charge in [0.05, 0.1) is 0 Å². The van der Waals surface area contributed by atoms with Gasteiger partial charge in [0.1, 0.15) is 11.5 Å². The number of rotatable bonds is 6. The zero-order chi connectivity index (χ0) is 13.8. The van der Waals surface area contributed by atoms with E-state index in [1.807, 2.05) is 6.20 Å². The number of hydrogen-bond acceptors (Lipinski definition) is 3. The highest BCUT2D eigenvalue weighted by molar-refractivity contribution is 5.51. The topological polar surface area (TPSA) is 32.6 Å². The van der Waals surface area contributed by atoms with Crippen LogP contribution in [0.2, 0.25) is 0 Å². The van der Waals surface area contributed by atoms with Crippen LogP contribution in [0.5, 0.6) is 0 Å². The molecule has 0 aliphatic carbocycles. The summed E-state index contributed by atoms with van der Waals surface area (Å²) >= 11 is 0. The van der Waals surface area contributed by atoms with Gasteiger partial charge in [-0.1, -0.05) is 19.4 Å². The highest BCUT2D eigenvalue weighted by atomic mass is 15.2. The summed E-state index contributed by atoms with van der Waals surface area (Å²) in [5.41, 5.74) is 1.03. The minimum Gasteiger partial charge on any atom is -0.356 e. The molecule has 0 saturated carbocycles. The first-order valence-electron chi connectivity index (χ1n) is 7.79. The Balaban J connectivity index is 1.84. The lowest BCUT2D eigenvalue weighted by atomic mass is 10.2. The van der Waals surface area contributed by atoms with Crippen molar-refractivity contribution in [1.82, 2.24) is 14.7 Å². The van der Waals surface area contributed by atoms with Gasteiger partial charge in [-0.15, -0.1) is 0 Å². The lowest BCUT2D eigenvalue weighted by molar-refractivity contribution is 0.568. The Morgan fingerprint density at radius 1 is 1.45 bits per heavy atom. The van der Waals surface area contributed by atoms with Gasteiger partial charge in [-0.05, 0) is 37.9 Å². The lowest BCUT2D eigenvalue weighted by Crippen LogP contribution is -2.39. The van der Waals surface area contributed by atoms with Gasteiger partial charge in [0, 0.05) is 31.5 Å². The minimum absolute atomic E-state index is 0.630. The number of anilines is 1. The Morgan fingerprint density at radius 2 is 2.40 bits per heavy atom. The van der Waals surface area contributed by atoms with Gasteiger partial charge in [0.25, 0.3) is 0 Å². The van der Waals surface area contributed by atoms with Crippen LogP contribution in [0.1, 0.15) is 32.6 Å². The SMILES string of the molecule is CCCCN(CC1CCCN1)c1cccc2nccn12. The monoisotopic (exact) mass is 272 g/mol. The fourth-order valence-corrected chi connectivity index (χ4v) is 3.02. The molecule has 4 heteroatoms. The van der Waals surface area contributed by atoms with E-state index >= 15 is 0 Å². The largest absolute Gasteiger partial charge is 0.356 e.